The zero-order valence-electron chi connectivity index (χ0n) is 19.1. The first-order valence-electron chi connectivity index (χ1n) is 11.7. The minimum Gasteiger partial charge on any atom is -0.406 e. The van der Waals surface area contributed by atoms with Crippen molar-refractivity contribution in [1.29, 1.82) is 0 Å². The first-order valence-corrected chi connectivity index (χ1v) is 11.7. The van der Waals surface area contributed by atoms with Crippen molar-refractivity contribution in [2.45, 2.75) is 83.6 Å². The van der Waals surface area contributed by atoms with Gasteiger partial charge in [-0.3, -0.25) is 0 Å². The normalized spacial score (nSPS) is 12.2. The Morgan fingerprint density at radius 2 is 1.15 bits per heavy atom. The topological polar surface area (TPSA) is 18.5 Å². The summed E-state index contributed by atoms with van der Waals surface area (Å²) in [5.41, 5.74) is 1.39. The molecule has 2 nitrogen and oxygen atoms in total. The molecule has 0 saturated heterocycles. The van der Waals surface area contributed by atoms with Gasteiger partial charge < -0.3 is 9.47 Å². The van der Waals surface area contributed by atoms with Crippen LogP contribution in [0, 0.1) is 0 Å². The Morgan fingerprint density at radius 3 is 1.73 bits per heavy atom. The average Bonchev–Trinajstić information content (AvgIpc) is 2.76. The summed E-state index contributed by atoms with van der Waals surface area (Å²) in [6.45, 7) is 1.93. The lowest BCUT2D eigenvalue weighted by Gasteiger charge is -2.18. The number of benzene rings is 2. The van der Waals surface area contributed by atoms with E-state index in [1.54, 1.807) is 12.1 Å². The fraction of sp³-hybridized carbons (Fsp3) is 0.538. The van der Waals surface area contributed by atoms with Gasteiger partial charge in [0.05, 0.1) is 12.2 Å². The van der Waals surface area contributed by atoms with Gasteiger partial charge in [0.2, 0.25) is 0 Å². The molecule has 0 N–H and O–H groups in total. The number of ether oxygens (including phenoxy) is 2. The van der Waals surface area contributed by atoms with Gasteiger partial charge in [0.25, 0.3) is 0 Å². The van der Waals surface area contributed by atoms with E-state index < -0.39 is 12.5 Å². The van der Waals surface area contributed by atoms with Crippen LogP contribution < -0.4 is 4.74 Å². The quantitative estimate of drug-likeness (QED) is 0.191. The maximum absolute atomic E-state index is 14.4. The molecule has 33 heavy (non-hydrogen) atoms. The SMILES string of the molecule is CCCCCCCCCCc1ccc(C(F)(F)OCCc2ccc(OC(F)(F)F)cc2)cc1. The first-order chi connectivity index (χ1) is 15.7. The molecule has 184 valence electrons. The van der Waals surface area contributed by atoms with Crippen molar-refractivity contribution in [3.05, 3.63) is 65.2 Å². The van der Waals surface area contributed by atoms with Gasteiger partial charge in [0.1, 0.15) is 5.75 Å². The number of halogens is 5. The molecule has 0 fully saturated rings. The van der Waals surface area contributed by atoms with Gasteiger partial charge >= 0.3 is 12.5 Å². The minimum atomic E-state index is -4.77. The Bertz CT molecular complexity index is 786. The van der Waals surface area contributed by atoms with E-state index in [1.807, 2.05) is 0 Å². The molecule has 2 rings (SSSR count). The van der Waals surface area contributed by atoms with Crippen molar-refractivity contribution in [3.8, 4) is 5.75 Å². The third kappa shape index (κ3) is 11.0. The highest BCUT2D eigenvalue weighted by atomic mass is 19.4. The Hall–Kier alpha value is -2.15. The number of hydrogen-bond acceptors (Lipinski definition) is 2. The van der Waals surface area contributed by atoms with Gasteiger partial charge in [-0.25, -0.2) is 0 Å². The largest absolute Gasteiger partial charge is 0.573 e. The maximum atomic E-state index is 14.4. The van der Waals surface area contributed by atoms with Crippen molar-refractivity contribution in [2.24, 2.45) is 0 Å². The van der Waals surface area contributed by atoms with Crippen molar-refractivity contribution >= 4 is 0 Å². The monoisotopic (exact) mass is 472 g/mol. The molecule has 7 heteroatoms. The van der Waals surface area contributed by atoms with E-state index in [4.69, 9.17) is 4.74 Å². The molecule has 0 amide bonds. The van der Waals surface area contributed by atoms with Gasteiger partial charge in [-0.15, -0.1) is 13.2 Å². The average molecular weight is 473 g/mol. The van der Waals surface area contributed by atoms with Crippen molar-refractivity contribution in [2.75, 3.05) is 6.61 Å². The smallest absolute Gasteiger partial charge is 0.406 e. The van der Waals surface area contributed by atoms with E-state index in [0.717, 1.165) is 37.0 Å². The van der Waals surface area contributed by atoms with E-state index in [9.17, 15) is 22.0 Å². The van der Waals surface area contributed by atoms with Gasteiger partial charge in [-0.1, -0.05) is 88.3 Å². The summed E-state index contributed by atoms with van der Waals surface area (Å²) in [4.78, 5) is 0. The molecule has 0 spiro atoms. The summed E-state index contributed by atoms with van der Waals surface area (Å²) in [6.07, 6.45) is 2.61. The van der Waals surface area contributed by atoms with Crippen LogP contribution in [0.25, 0.3) is 0 Å². The maximum Gasteiger partial charge on any atom is 0.573 e. The molecular weight excluding hydrogens is 439 g/mol. The Kier molecular flexibility index (Phi) is 11.1. The molecule has 0 atom stereocenters. The second kappa shape index (κ2) is 13.5. The number of aryl methyl sites for hydroxylation is 1. The summed E-state index contributed by atoms with van der Waals surface area (Å²) < 4.78 is 73.8. The van der Waals surface area contributed by atoms with Crippen LogP contribution in [0.2, 0.25) is 0 Å². The Balaban J connectivity index is 1.70. The van der Waals surface area contributed by atoms with Crippen molar-refractivity contribution in [3.63, 3.8) is 0 Å². The predicted molar refractivity (Wildman–Crippen MR) is 119 cm³/mol. The summed E-state index contributed by atoms with van der Waals surface area (Å²) in [6, 6.07) is 11.3. The van der Waals surface area contributed by atoms with E-state index in [2.05, 4.69) is 11.7 Å². The number of unbranched alkanes of at least 4 members (excludes halogenated alkanes) is 7. The third-order valence-electron chi connectivity index (χ3n) is 5.44. The Labute approximate surface area is 193 Å². The van der Waals surface area contributed by atoms with Crippen LogP contribution in [0.5, 0.6) is 5.75 Å². The zero-order valence-corrected chi connectivity index (χ0v) is 19.1. The van der Waals surface area contributed by atoms with Gasteiger partial charge in [0, 0.05) is 0 Å². The zero-order chi connectivity index (χ0) is 24.2. The summed E-state index contributed by atoms with van der Waals surface area (Å²) in [5.74, 6) is -0.357. The molecule has 2 aromatic rings. The van der Waals surface area contributed by atoms with Crippen LogP contribution in [0.3, 0.4) is 0 Å². The summed E-state index contributed by atoms with van der Waals surface area (Å²) in [5, 5.41) is 0. The van der Waals surface area contributed by atoms with Gasteiger partial charge in [-0.05, 0) is 42.5 Å². The van der Waals surface area contributed by atoms with Crippen LogP contribution in [-0.2, 0) is 23.7 Å². The molecule has 0 unspecified atom stereocenters. The van der Waals surface area contributed by atoms with Crippen molar-refractivity contribution in [1.82, 2.24) is 0 Å². The lowest BCUT2D eigenvalue weighted by molar-refractivity contribution is -0.274. The number of rotatable bonds is 15. The molecule has 0 heterocycles. The summed E-state index contributed by atoms with van der Waals surface area (Å²) in [7, 11) is 0. The van der Waals surface area contributed by atoms with E-state index in [1.165, 1.54) is 62.8 Å². The molecular formula is C26H33F5O2. The highest BCUT2D eigenvalue weighted by Gasteiger charge is 2.33. The predicted octanol–water partition coefficient (Wildman–Crippen LogP) is 8.58. The number of hydrogen-bond donors (Lipinski definition) is 0. The molecule has 0 aliphatic carbocycles. The van der Waals surface area contributed by atoms with Crippen LogP contribution in [0.1, 0.15) is 75.0 Å². The van der Waals surface area contributed by atoms with Gasteiger partial charge in [-0.2, -0.15) is 8.78 Å². The first kappa shape index (κ1) is 27.1. The molecule has 0 radical (unpaired) electrons. The lowest BCUT2D eigenvalue weighted by atomic mass is 10.0. The van der Waals surface area contributed by atoms with Gasteiger partial charge in [0.15, 0.2) is 0 Å². The second-order valence-electron chi connectivity index (χ2n) is 8.23. The molecule has 0 aromatic heterocycles. The fourth-order valence-electron chi connectivity index (χ4n) is 3.57. The van der Waals surface area contributed by atoms with E-state index in [-0.39, 0.29) is 24.3 Å². The minimum absolute atomic E-state index is 0.137. The second-order valence-corrected chi connectivity index (χ2v) is 8.23. The fourth-order valence-corrected chi connectivity index (χ4v) is 3.57. The highest BCUT2D eigenvalue weighted by molar-refractivity contribution is 5.28. The molecule has 0 bridgehead atoms. The third-order valence-corrected chi connectivity index (χ3v) is 5.44. The van der Waals surface area contributed by atoms with Crippen LogP contribution >= 0.6 is 0 Å². The van der Waals surface area contributed by atoms with Crippen LogP contribution in [-0.4, -0.2) is 13.0 Å². The van der Waals surface area contributed by atoms with E-state index >= 15 is 0 Å². The number of alkyl halides is 5. The highest BCUT2D eigenvalue weighted by Crippen LogP contribution is 2.30. The summed E-state index contributed by atoms with van der Waals surface area (Å²) >= 11 is 0. The van der Waals surface area contributed by atoms with E-state index in [0.29, 0.717) is 5.56 Å². The van der Waals surface area contributed by atoms with Crippen LogP contribution in [0.4, 0.5) is 22.0 Å². The lowest BCUT2D eigenvalue weighted by Crippen LogP contribution is -2.20. The molecule has 0 aliphatic heterocycles. The molecule has 2 aromatic carbocycles. The van der Waals surface area contributed by atoms with Crippen LogP contribution in [0.15, 0.2) is 48.5 Å². The Morgan fingerprint density at radius 1 is 0.636 bits per heavy atom. The van der Waals surface area contributed by atoms with Crippen molar-refractivity contribution < 1.29 is 31.4 Å². The molecule has 0 saturated carbocycles. The molecule has 0 aliphatic rings. The standard InChI is InChI=1S/C26H33F5O2/c1-2-3-4-5-6-7-8-9-10-21-11-15-23(16-12-21)25(27,28)32-20-19-22-13-17-24(18-14-22)33-26(29,30)31/h11-18H,2-10,19-20H2,1H3.